The van der Waals surface area contributed by atoms with Gasteiger partial charge >= 0.3 is 0 Å². The number of rotatable bonds is 5. The van der Waals surface area contributed by atoms with E-state index in [1.54, 1.807) is 0 Å². The average molecular weight is 459 g/mol. The van der Waals surface area contributed by atoms with Crippen molar-refractivity contribution in [3.63, 3.8) is 0 Å². The van der Waals surface area contributed by atoms with Crippen molar-refractivity contribution in [1.82, 2.24) is 19.9 Å². The zero-order valence-electron chi connectivity index (χ0n) is 20.7. The van der Waals surface area contributed by atoms with Crippen LogP contribution in [0.25, 0.3) is 33.3 Å². The number of benzene rings is 3. The number of fused-ring (bicyclic) bond motifs is 1. The van der Waals surface area contributed by atoms with Crippen molar-refractivity contribution >= 4 is 10.8 Å². The molecule has 0 bridgehead atoms. The lowest BCUT2D eigenvalue weighted by Gasteiger charge is -2.12. The highest BCUT2D eigenvalue weighted by molar-refractivity contribution is 5.88. The summed E-state index contributed by atoms with van der Waals surface area (Å²) in [6.07, 6.45) is 4.73. The fourth-order valence-corrected chi connectivity index (χ4v) is 4.09. The third-order valence-electron chi connectivity index (χ3n) is 6.69. The smallest absolute Gasteiger partial charge is 0.109 e. The summed E-state index contributed by atoms with van der Waals surface area (Å²) in [7, 11) is 0. The lowest BCUT2D eigenvalue weighted by atomic mass is 9.98. The third kappa shape index (κ3) is 4.90. The Morgan fingerprint density at radius 1 is 0.714 bits per heavy atom. The largest absolute Gasteiger partial charge is 0.342 e. The van der Waals surface area contributed by atoms with Crippen LogP contribution in [0.4, 0.5) is 0 Å². The molecule has 2 N–H and O–H groups in total. The number of hydrogen-bond donors (Lipinski definition) is 2. The molecule has 2 heterocycles. The number of aryl methyl sites for hydroxylation is 1. The number of nitrogens with zero attached hydrogens (tertiary/aromatic N) is 2. The molecule has 0 fully saturated rings. The van der Waals surface area contributed by atoms with Crippen LogP contribution in [0.1, 0.15) is 56.4 Å². The second kappa shape index (κ2) is 9.64. The summed E-state index contributed by atoms with van der Waals surface area (Å²) in [5.74, 6) is 9.60. The molecule has 0 saturated carbocycles. The van der Waals surface area contributed by atoms with E-state index in [0.29, 0.717) is 11.8 Å². The summed E-state index contributed by atoms with van der Waals surface area (Å²) in [4.78, 5) is 15.8. The summed E-state index contributed by atoms with van der Waals surface area (Å²) in [6.45, 7) is 8.75. The first-order valence-electron chi connectivity index (χ1n) is 12.3. The van der Waals surface area contributed by atoms with E-state index in [-0.39, 0.29) is 0 Å². The molecule has 0 aliphatic rings. The molecule has 0 radical (unpaired) electrons. The van der Waals surface area contributed by atoms with Gasteiger partial charge in [-0.25, -0.2) is 9.97 Å². The first-order chi connectivity index (χ1) is 17.0. The van der Waals surface area contributed by atoms with Gasteiger partial charge in [-0.15, -0.1) is 0 Å². The molecule has 3 aromatic carbocycles. The number of aromatic nitrogens is 4. The zero-order chi connectivity index (χ0) is 24.4. The van der Waals surface area contributed by atoms with Crippen molar-refractivity contribution in [2.45, 2.75) is 40.0 Å². The van der Waals surface area contributed by atoms with Gasteiger partial charge in [-0.2, -0.15) is 0 Å². The van der Waals surface area contributed by atoms with Crippen LogP contribution in [0.5, 0.6) is 0 Å². The van der Waals surface area contributed by atoms with Gasteiger partial charge in [-0.3, -0.25) is 0 Å². The van der Waals surface area contributed by atoms with Crippen LogP contribution >= 0.6 is 0 Å². The van der Waals surface area contributed by atoms with Gasteiger partial charge in [0.15, 0.2) is 0 Å². The maximum atomic E-state index is 4.61. The van der Waals surface area contributed by atoms with Crippen molar-refractivity contribution in [2.75, 3.05) is 0 Å². The third-order valence-corrected chi connectivity index (χ3v) is 6.69. The van der Waals surface area contributed by atoms with Crippen molar-refractivity contribution < 1.29 is 0 Å². The van der Waals surface area contributed by atoms with E-state index in [1.807, 2.05) is 12.4 Å². The minimum atomic E-state index is 0.404. The second-order valence-corrected chi connectivity index (χ2v) is 9.42. The Morgan fingerprint density at radius 3 is 2.09 bits per heavy atom. The number of H-pyrrole nitrogens is 2. The van der Waals surface area contributed by atoms with Crippen LogP contribution in [0.3, 0.4) is 0 Å². The standard InChI is InChI=1S/C31H30N4/c1-5-30-32-18-28(34-30)24-11-8-22(9-12-24)6-7-23-10-13-26-17-27(15-14-25(26)16-23)29-19-33-31(35-29)21(4)20(2)3/h8-21H,5H2,1-4H3,(H,32,34)(H,33,35). The number of nitrogens with one attached hydrogen (secondary N) is 2. The minimum absolute atomic E-state index is 0.404. The molecule has 174 valence electrons. The Hall–Kier alpha value is -4.10. The molecule has 5 aromatic rings. The topological polar surface area (TPSA) is 57.4 Å². The van der Waals surface area contributed by atoms with Gasteiger partial charge in [0.05, 0.1) is 23.8 Å². The Kier molecular flexibility index (Phi) is 6.25. The van der Waals surface area contributed by atoms with Crippen LogP contribution < -0.4 is 0 Å². The summed E-state index contributed by atoms with van der Waals surface area (Å²) in [5, 5.41) is 2.37. The predicted octanol–water partition coefficient (Wildman–Crippen LogP) is 7.34. The Bertz CT molecular complexity index is 1520. The maximum absolute atomic E-state index is 4.61. The van der Waals surface area contributed by atoms with Gasteiger partial charge in [-0.05, 0) is 52.6 Å². The molecule has 0 spiro atoms. The minimum Gasteiger partial charge on any atom is -0.342 e. The average Bonchev–Trinajstić information content (AvgIpc) is 3.57. The molecule has 1 atom stereocenters. The van der Waals surface area contributed by atoms with E-state index in [4.69, 9.17) is 0 Å². The number of imidazole rings is 2. The van der Waals surface area contributed by atoms with Crippen molar-refractivity contribution in [3.8, 4) is 34.4 Å². The van der Waals surface area contributed by atoms with E-state index < -0.39 is 0 Å². The SMILES string of the molecule is CCc1ncc(-c2ccc(C#Cc3ccc4cc(-c5cnc(C(C)C(C)C)[nH]5)ccc4c3)cc2)[nH]1. The van der Waals surface area contributed by atoms with Crippen molar-refractivity contribution in [3.05, 3.63) is 95.8 Å². The Balaban J connectivity index is 1.34. The van der Waals surface area contributed by atoms with Crippen LogP contribution in [-0.4, -0.2) is 19.9 Å². The number of aromatic amines is 2. The lowest BCUT2D eigenvalue weighted by molar-refractivity contribution is 0.514. The summed E-state index contributed by atoms with van der Waals surface area (Å²) >= 11 is 0. The summed E-state index contributed by atoms with van der Waals surface area (Å²) < 4.78 is 0. The highest BCUT2D eigenvalue weighted by Crippen LogP contribution is 2.27. The Labute approximate surface area is 206 Å². The van der Waals surface area contributed by atoms with Crippen LogP contribution in [0.15, 0.2) is 73.1 Å². The van der Waals surface area contributed by atoms with Gasteiger partial charge < -0.3 is 9.97 Å². The van der Waals surface area contributed by atoms with Crippen molar-refractivity contribution in [2.24, 2.45) is 5.92 Å². The van der Waals surface area contributed by atoms with Crippen LogP contribution in [-0.2, 0) is 6.42 Å². The van der Waals surface area contributed by atoms with E-state index in [2.05, 4.69) is 120 Å². The molecule has 2 aromatic heterocycles. The van der Waals surface area contributed by atoms with Crippen LogP contribution in [0.2, 0.25) is 0 Å². The summed E-state index contributed by atoms with van der Waals surface area (Å²) in [5.41, 5.74) is 6.36. The molecule has 35 heavy (non-hydrogen) atoms. The zero-order valence-corrected chi connectivity index (χ0v) is 20.7. The quantitative estimate of drug-likeness (QED) is 0.271. The predicted molar refractivity (Wildman–Crippen MR) is 144 cm³/mol. The first kappa shape index (κ1) is 22.7. The maximum Gasteiger partial charge on any atom is 0.109 e. The second-order valence-electron chi connectivity index (χ2n) is 9.42. The molecular weight excluding hydrogens is 428 g/mol. The molecule has 4 heteroatoms. The van der Waals surface area contributed by atoms with Crippen molar-refractivity contribution in [1.29, 1.82) is 0 Å². The van der Waals surface area contributed by atoms with E-state index in [9.17, 15) is 0 Å². The lowest BCUT2D eigenvalue weighted by Crippen LogP contribution is -2.03. The molecule has 0 amide bonds. The van der Waals surface area contributed by atoms with E-state index in [1.165, 1.54) is 10.8 Å². The number of hydrogen-bond acceptors (Lipinski definition) is 2. The Morgan fingerprint density at radius 2 is 1.34 bits per heavy atom. The molecular formula is C31H30N4. The molecule has 4 nitrogen and oxygen atoms in total. The normalized spacial score (nSPS) is 12.0. The molecule has 5 rings (SSSR count). The molecule has 0 saturated heterocycles. The molecule has 0 aliphatic heterocycles. The van der Waals surface area contributed by atoms with Gasteiger partial charge in [0, 0.05) is 29.0 Å². The molecule has 1 unspecified atom stereocenters. The van der Waals surface area contributed by atoms with Gasteiger partial charge in [-0.1, -0.05) is 69.9 Å². The van der Waals surface area contributed by atoms with Gasteiger partial charge in [0.25, 0.3) is 0 Å². The fraction of sp³-hybridized carbons (Fsp3) is 0.226. The molecule has 0 aliphatic carbocycles. The van der Waals surface area contributed by atoms with Gasteiger partial charge in [0.2, 0.25) is 0 Å². The monoisotopic (exact) mass is 458 g/mol. The fourth-order valence-electron chi connectivity index (χ4n) is 4.09. The highest BCUT2D eigenvalue weighted by atomic mass is 14.9. The summed E-state index contributed by atoms with van der Waals surface area (Å²) in [6, 6.07) is 21.2. The van der Waals surface area contributed by atoms with E-state index in [0.717, 1.165) is 51.7 Å². The van der Waals surface area contributed by atoms with E-state index >= 15 is 0 Å². The van der Waals surface area contributed by atoms with Gasteiger partial charge in [0.1, 0.15) is 11.6 Å². The van der Waals surface area contributed by atoms with Crippen LogP contribution in [0, 0.1) is 17.8 Å². The first-order valence-corrected chi connectivity index (χ1v) is 12.3. The highest BCUT2D eigenvalue weighted by Gasteiger charge is 2.14.